The monoisotopic (exact) mass is 296 g/mol. The molecule has 2 nitrogen and oxygen atoms in total. The summed E-state index contributed by atoms with van der Waals surface area (Å²) in [6, 6.07) is 10.4. The van der Waals surface area contributed by atoms with E-state index >= 15 is 0 Å². The Morgan fingerprint density at radius 1 is 1.20 bits per heavy atom. The molecule has 114 valence electrons. The van der Waals surface area contributed by atoms with Gasteiger partial charge in [0, 0.05) is 25.2 Å². The number of nitrogens with zero attached hydrogens (tertiary/aromatic N) is 1. The second-order valence-corrected chi connectivity index (χ2v) is 6.82. The maximum atomic E-state index is 3.39. The van der Waals surface area contributed by atoms with E-state index in [2.05, 4.69) is 69.2 Å². The first kappa shape index (κ1) is 17.5. The van der Waals surface area contributed by atoms with Crippen LogP contribution < -0.4 is 5.32 Å². The Hall–Kier alpha value is -0.570. The minimum Gasteiger partial charge on any atom is -0.316 e. The fourth-order valence-corrected chi connectivity index (χ4v) is 2.85. The van der Waals surface area contributed by atoms with Crippen LogP contribution in [-0.2, 0) is 5.41 Å². The van der Waals surface area contributed by atoms with Crippen molar-refractivity contribution in [2.24, 2.45) is 0 Å². The lowest BCUT2D eigenvalue weighted by Gasteiger charge is -2.26. The highest BCUT2D eigenvalue weighted by Crippen LogP contribution is 2.27. The lowest BCUT2D eigenvalue weighted by molar-refractivity contribution is 0.257. The molecule has 2 unspecified atom stereocenters. The molecule has 0 spiro atoms. The molecule has 0 saturated carbocycles. The zero-order valence-corrected chi connectivity index (χ0v) is 14.3. The number of benzene rings is 1. The molecule has 1 N–H and O–H groups in total. The first-order chi connectivity index (χ1) is 8.91. The van der Waals surface area contributed by atoms with Gasteiger partial charge in [-0.2, -0.15) is 0 Å². The van der Waals surface area contributed by atoms with Crippen LogP contribution in [0.1, 0.15) is 51.3 Å². The standard InChI is InChI=1S/C17H28N2.ClH/c1-13(19-11-10-16(12-19)18-5)14-6-8-15(9-7-14)17(2,3)4;/h6-9,13,16,18H,10-12H2,1-5H3;1H. The summed E-state index contributed by atoms with van der Waals surface area (Å²) in [5, 5.41) is 3.39. The van der Waals surface area contributed by atoms with Crippen LogP contribution in [0.2, 0.25) is 0 Å². The van der Waals surface area contributed by atoms with E-state index in [4.69, 9.17) is 0 Å². The smallest absolute Gasteiger partial charge is 0.0320 e. The minimum absolute atomic E-state index is 0. The van der Waals surface area contributed by atoms with Crippen LogP contribution in [0.4, 0.5) is 0 Å². The first-order valence-corrected chi connectivity index (χ1v) is 7.43. The van der Waals surface area contributed by atoms with Gasteiger partial charge in [0.2, 0.25) is 0 Å². The Bertz CT molecular complexity index is 408. The summed E-state index contributed by atoms with van der Waals surface area (Å²) in [4.78, 5) is 2.58. The van der Waals surface area contributed by atoms with E-state index in [0.29, 0.717) is 12.1 Å². The number of hydrogen-bond acceptors (Lipinski definition) is 2. The molecule has 1 aliphatic heterocycles. The van der Waals surface area contributed by atoms with Gasteiger partial charge in [0.05, 0.1) is 0 Å². The van der Waals surface area contributed by atoms with Crippen LogP contribution >= 0.6 is 12.4 Å². The van der Waals surface area contributed by atoms with Crippen molar-refractivity contribution >= 4 is 12.4 Å². The fourth-order valence-electron chi connectivity index (χ4n) is 2.85. The van der Waals surface area contributed by atoms with Crippen molar-refractivity contribution in [2.75, 3.05) is 20.1 Å². The fraction of sp³-hybridized carbons (Fsp3) is 0.647. The molecule has 1 saturated heterocycles. The molecule has 1 aromatic carbocycles. The molecule has 0 amide bonds. The van der Waals surface area contributed by atoms with Crippen LogP contribution in [-0.4, -0.2) is 31.1 Å². The molecule has 2 atom stereocenters. The number of likely N-dealkylation sites (N-methyl/N-ethyl adjacent to an activating group) is 1. The number of hydrogen-bond donors (Lipinski definition) is 1. The third-order valence-corrected chi connectivity index (χ3v) is 4.43. The maximum Gasteiger partial charge on any atom is 0.0320 e. The molecule has 1 fully saturated rings. The molecule has 0 bridgehead atoms. The van der Waals surface area contributed by atoms with Gasteiger partial charge < -0.3 is 5.32 Å². The number of rotatable bonds is 3. The average molecular weight is 297 g/mol. The predicted octanol–water partition coefficient (Wildman–Crippen LogP) is 3.76. The quantitative estimate of drug-likeness (QED) is 0.913. The van der Waals surface area contributed by atoms with Crippen LogP contribution in [0, 0.1) is 0 Å². The minimum atomic E-state index is 0. The van der Waals surface area contributed by atoms with Crippen molar-refractivity contribution in [1.29, 1.82) is 0 Å². The van der Waals surface area contributed by atoms with Gasteiger partial charge in [-0.05, 0) is 36.9 Å². The highest BCUT2D eigenvalue weighted by atomic mass is 35.5. The Balaban J connectivity index is 0.00000200. The van der Waals surface area contributed by atoms with E-state index in [1.54, 1.807) is 0 Å². The Morgan fingerprint density at radius 3 is 2.25 bits per heavy atom. The molecular weight excluding hydrogens is 268 g/mol. The number of halogens is 1. The molecule has 3 heteroatoms. The first-order valence-electron chi connectivity index (χ1n) is 7.43. The van der Waals surface area contributed by atoms with Gasteiger partial charge in [0.15, 0.2) is 0 Å². The Kier molecular flexibility index (Phi) is 6.06. The van der Waals surface area contributed by atoms with Crippen molar-refractivity contribution < 1.29 is 0 Å². The van der Waals surface area contributed by atoms with Crippen molar-refractivity contribution in [3.05, 3.63) is 35.4 Å². The summed E-state index contributed by atoms with van der Waals surface area (Å²) < 4.78 is 0. The van der Waals surface area contributed by atoms with Crippen LogP contribution in [0.25, 0.3) is 0 Å². The molecule has 0 aliphatic carbocycles. The molecule has 1 aromatic rings. The van der Waals surface area contributed by atoms with Gasteiger partial charge in [-0.15, -0.1) is 12.4 Å². The number of nitrogens with one attached hydrogen (secondary N) is 1. The van der Waals surface area contributed by atoms with E-state index in [9.17, 15) is 0 Å². The molecule has 0 aromatic heterocycles. The highest BCUT2D eigenvalue weighted by molar-refractivity contribution is 5.85. The summed E-state index contributed by atoms with van der Waals surface area (Å²) in [7, 11) is 2.07. The van der Waals surface area contributed by atoms with Crippen molar-refractivity contribution in [1.82, 2.24) is 10.2 Å². The van der Waals surface area contributed by atoms with E-state index in [1.807, 2.05) is 0 Å². The average Bonchev–Trinajstić information content (AvgIpc) is 2.86. The van der Waals surface area contributed by atoms with Gasteiger partial charge in [-0.1, -0.05) is 45.0 Å². The summed E-state index contributed by atoms with van der Waals surface area (Å²) in [6.45, 7) is 11.5. The molecule has 1 aliphatic rings. The molecule has 2 rings (SSSR count). The van der Waals surface area contributed by atoms with Gasteiger partial charge >= 0.3 is 0 Å². The predicted molar refractivity (Wildman–Crippen MR) is 89.8 cm³/mol. The van der Waals surface area contributed by atoms with Gasteiger partial charge in [0.25, 0.3) is 0 Å². The highest BCUT2D eigenvalue weighted by Gasteiger charge is 2.25. The van der Waals surface area contributed by atoms with Crippen molar-refractivity contribution in [2.45, 2.75) is 51.6 Å². The Morgan fingerprint density at radius 2 is 1.80 bits per heavy atom. The summed E-state index contributed by atoms with van der Waals surface area (Å²) in [5.74, 6) is 0. The van der Waals surface area contributed by atoms with Crippen LogP contribution in [0.15, 0.2) is 24.3 Å². The molecule has 0 radical (unpaired) electrons. The van der Waals surface area contributed by atoms with Crippen molar-refractivity contribution in [3.63, 3.8) is 0 Å². The van der Waals surface area contributed by atoms with E-state index in [0.717, 1.165) is 0 Å². The number of likely N-dealkylation sites (tertiary alicyclic amines) is 1. The van der Waals surface area contributed by atoms with Gasteiger partial charge in [-0.25, -0.2) is 0 Å². The van der Waals surface area contributed by atoms with Crippen LogP contribution in [0.5, 0.6) is 0 Å². The second kappa shape index (κ2) is 6.93. The lowest BCUT2D eigenvalue weighted by atomic mass is 9.86. The van der Waals surface area contributed by atoms with E-state index in [-0.39, 0.29) is 17.8 Å². The van der Waals surface area contributed by atoms with Gasteiger partial charge in [-0.3, -0.25) is 4.90 Å². The van der Waals surface area contributed by atoms with Gasteiger partial charge in [0.1, 0.15) is 0 Å². The van der Waals surface area contributed by atoms with Crippen LogP contribution in [0.3, 0.4) is 0 Å². The Labute approximate surface area is 130 Å². The van der Waals surface area contributed by atoms with E-state index in [1.165, 1.54) is 30.6 Å². The zero-order valence-electron chi connectivity index (χ0n) is 13.4. The summed E-state index contributed by atoms with van der Waals surface area (Å²) in [5.41, 5.74) is 3.09. The topological polar surface area (TPSA) is 15.3 Å². The molecular formula is C17H29ClN2. The molecule has 20 heavy (non-hydrogen) atoms. The second-order valence-electron chi connectivity index (χ2n) is 6.82. The molecule has 1 heterocycles. The lowest BCUT2D eigenvalue weighted by Crippen LogP contribution is -2.31. The summed E-state index contributed by atoms with van der Waals surface area (Å²) >= 11 is 0. The summed E-state index contributed by atoms with van der Waals surface area (Å²) in [6.07, 6.45) is 1.26. The SMILES string of the molecule is CNC1CCN(C(C)c2ccc(C(C)(C)C)cc2)C1.Cl. The largest absolute Gasteiger partial charge is 0.316 e. The third-order valence-electron chi connectivity index (χ3n) is 4.43. The van der Waals surface area contributed by atoms with Crippen molar-refractivity contribution in [3.8, 4) is 0 Å². The normalized spacial score (nSPS) is 21.6. The van der Waals surface area contributed by atoms with E-state index < -0.39 is 0 Å². The zero-order chi connectivity index (χ0) is 14.0. The maximum absolute atomic E-state index is 3.39. The third kappa shape index (κ3) is 3.97.